The van der Waals surface area contributed by atoms with E-state index in [1.807, 2.05) is 56.4 Å². The summed E-state index contributed by atoms with van der Waals surface area (Å²) in [4.78, 5) is 18.9. The largest absolute Gasteiger partial charge is 0.481 e. The Balaban J connectivity index is 2.36. The van der Waals surface area contributed by atoms with Gasteiger partial charge < -0.3 is 15.7 Å². The molecule has 30 heavy (non-hydrogen) atoms. The molecule has 3 N–H and O–H groups in total. The quantitative estimate of drug-likeness (QED) is 0.248. The number of nitrogens with zero attached hydrogens (tertiary/aromatic N) is 3. The van der Waals surface area contributed by atoms with Gasteiger partial charge >= 0.3 is 5.97 Å². The minimum Gasteiger partial charge on any atom is -0.481 e. The molecule has 0 saturated heterocycles. The minimum absolute atomic E-state index is 0.134. The van der Waals surface area contributed by atoms with Gasteiger partial charge in [0.25, 0.3) is 0 Å². The van der Waals surface area contributed by atoms with E-state index >= 15 is 0 Å². The molecule has 0 fully saturated rings. The van der Waals surface area contributed by atoms with Crippen molar-refractivity contribution >= 4 is 23.2 Å². The van der Waals surface area contributed by atoms with Crippen molar-refractivity contribution in [3.05, 3.63) is 65.5 Å². The number of carboxylic acid groups (broad SMARTS) is 1. The summed E-state index contributed by atoms with van der Waals surface area (Å²) in [6, 6.07) is 9.89. The van der Waals surface area contributed by atoms with E-state index in [9.17, 15) is 4.79 Å². The van der Waals surface area contributed by atoms with Gasteiger partial charge in [0.1, 0.15) is 0 Å². The van der Waals surface area contributed by atoms with E-state index in [4.69, 9.17) is 10.4 Å². The van der Waals surface area contributed by atoms with Crippen molar-refractivity contribution in [1.82, 2.24) is 10.3 Å². The first kappa shape index (κ1) is 22.6. The van der Waals surface area contributed by atoms with Crippen LogP contribution in [0.4, 0.5) is 5.69 Å². The predicted molar refractivity (Wildman–Crippen MR) is 119 cm³/mol. The van der Waals surface area contributed by atoms with Crippen LogP contribution in [0, 0.1) is 18.4 Å². The summed E-state index contributed by atoms with van der Waals surface area (Å²) < 4.78 is 0. The highest BCUT2D eigenvalue weighted by atomic mass is 16.4. The third-order valence-corrected chi connectivity index (χ3v) is 4.42. The van der Waals surface area contributed by atoms with Crippen molar-refractivity contribution in [2.24, 2.45) is 4.99 Å². The Labute approximate surface area is 177 Å². The van der Waals surface area contributed by atoms with Gasteiger partial charge in [-0.2, -0.15) is 5.26 Å². The van der Waals surface area contributed by atoms with Crippen LogP contribution in [-0.2, 0) is 4.79 Å². The number of carboxylic acids is 1. The van der Waals surface area contributed by atoms with Crippen LogP contribution in [0.2, 0.25) is 0 Å². The number of allylic oxidation sites excluding steroid dienone is 1. The van der Waals surface area contributed by atoms with Crippen LogP contribution in [0.25, 0.3) is 5.57 Å². The second-order valence-electron chi connectivity index (χ2n) is 6.79. The maximum absolute atomic E-state index is 10.8. The molecule has 1 aromatic heterocycles. The molecule has 0 bridgehead atoms. The maximum Gasteiger partial charge on any atom is 0.303 e. The van der Waals surface area contributed by atoms with Crippen molar-refractivity contribution in [2.45, 2.75) is 39.5 Å². The van der Waals surface area contributed by atoms with E-state index in [2.05, 4.69) is 20.6 Å². The van der Waals surface area contributed by atoms with Gasteiger partial charge in [-0.25, -0.2) is 0 Å². The molecule has 0 aliphatic rings. The van der Waals surface area contributed by atoms with Crippen molar-refractivity contribution in [3.8, 4) is 6.19 Å². The molecular weight excluding hydrogens is 378 g/mol. The lowest BCUT2D eigenvalue weighted by Crippen LogP contribution is -2.31. The molecule has 7 nitrogen and oxygen atoms in total. The number of anilines is 1. The average molecular weight is 406 g/mol. The number of nitrogens with one attached hydrogen (secondary N) is 2. The van der Waals surface area contributed by atoms with E-state index in [1.165, 1.54) is 0 Å². The number of rotatable bonds is 9. The van der Waals surface area contributed by atoms with E-state index in [-0.39, 0.29) is 6.42 Å². The van der Waals surface area contributed by atoms with Crippen molar-refractivity contribution in [2.75, 3.05) is 11.9 Å². The molecule has 0 radical (unpaired) electrons. The van der Waals surface area contributed by atoms with Crippen LogP contribution in [-0.4, -0.2) is 28.6 Å². The predicted octanol–water partition coefficient (Wildman–Crippen LogP) is 4.33. The van der Waals surface area contributed by atoms with Gasteiger partial charge in [-0.05, 0) is 55.0 Å². The number of aryl methyl sites for hydroxylation is 1. The Hall–Kier alpha value is -3.66. The van der Waals surface area contributed by atoms with Crippen LogP contribution in [0.1, 0.15) is 49.3 Å². The maximum atomic E-state index is 10.8. The molecule has 0 unspecified atom stereocenters. The number of unbranched alkanes of at least 4 members (excludes halogenated alkanes) is 1. The molecule has 0 atom stereocenters. The van der Waals surface area contributed by atoms with Gasteiger partial charge in [-0.15, -0.1) is 4.99 Å². The highest BCUT2D eigenvalue weighted by Crippen LogP contribution is 2.28. The molecular formula is C23H27N5O2. The molecule has 0 aliphatic heterocycles. The summed E-state index contributed by atoms with van der Waals surface area (Å²) in [7, 11) is 0. The topological polar surface area (TPSA) is 110 Å². The van der Waals surface area contributed by atoms with Gasteiger partial charge in [-0.3, -0.25) is 9.78 Å². The standard InChI is InChI=1S/C23H27N5O2/c1-3-12-26-23(27-16-24)28-21-14-18(11-10-17(21)2)20(8-4-5-9-22(29)30)19-7-6-13-25-15-19/h6-8,10-11,13-15H,3-5,9,12H2,1-2H3,(H,29,30)(H2,26,27,28)/b20-8+. The summed E-state index contributed by atoms with van der Waals surface area (Å²) in [6.07, 6.45) is 9.64. The first-order valence-corrected chi connectivity index (χ1v) is 9.96. The molecule has 1 aromatic carbocycles. The zero-order chi connectivity index (χ0) is 21.8. The van der Waals surface area contributed by atoms with E-state index in [1.54, 1.807) is 12.4 Å². The number of pyridine rings is 1. The molecule has 0 spiro atoms. The fraction of sp³-hybridized carbons (Fsp3) is 0.304. The lowest BCUT2D eigenvalue weighted by molar-refractivity contribution is -0.137. The Morgan fingerprint density at radius 1 is 1.33 bits per heavy atom. The molecule has 7 heteroatoms. The number of benzene rings is 1. The third kappa shape index (κ3) is 7.06. The minimum atomic E-state index is -0.794. The summed E-state index contributed by atoms with van der Waals surface area (Å²) in [6.45, 7) is 4.73. The highest BCUT2D eigenvalue weighted by molar-refractivity contribution is 5.95. The number of hydrogen-bond acceptors (Lipinski definition) is 4. The summed E-state index contributed by atoms with van der Waals surface area (Å²) in [5, 5.41) is 24.2. The number of aromatic nitrogens is 1. The SMILES string of the molecule is CCCN/C(=N/C#N)Nc1cc(/C(=C\CCCC(=O)O)c2cccnc2)ccc1C. The number of nitriles is 1. The molecule has 2 rings (SSSR count). The smallest absolute Gasteiger partial charge is 0.303 e. The van der Waals surface area contributed by atoms with Gasteiger partial charge in [-0.1, -0.05) is 31.2 Å². The lowest BCUT2D eigenvalue weighted by Gasteiger charge is -2.15. The van der Waals surface area contributed by atoms with Crippen LogP contribution >= 0.6 is 0 Å². The van der Waals surface area contributed by atoms with Crippen molar-refractivity contribution in [1.29, 1.82) is 5.26 Å². The first-order chi connectivity index (χ1) is 14.5. The average Bonchev–Trinajstić information content (AvgIpc) is 2.74. The Bertz CT molecular complexity index is 946. The number of aliphatic carboxylic acids is 1. The molecule has 156 valence electrons. The van der Waals surface area contributed by atoms with Crippen molar-refractivity contribution in [3.63, 3.8) is 0 Å². The lowest BCUT2D eigenvalue weighted by atomic mass is 9.96. The van der Waals surface area contributed by atoms with Gasteiger partial charge in [0.15, 0.2) is 0 Å². The monoisotopic (exact) mass is 405 g/mol. The van der Waals surface area contributed by atoms with Crippen LogP contribution in [0.15, 0.2) is 53.8 Å². The van der Waals surface area contributed by atoms with E-state index < -0.39 is 5.97 Å². The Morgan fingerprint density at radius 2 is 2.17 bits per heavy atom. The molecule has 0 aliphatic carbocycles. The van der Waals surface area contributed by atoms with Crippen molar-refractivity contribution < 1.29 is 9.90 Å². The van der Waals surface area contributed by atoms with Gasteiger partial charge in [0.05, 0.1) is 0 Å². The van der Waals surface area contributed by atoms with Crippen LogP contribution in [0.3, 0.4) is 0 Å². The summed E-state index contributed by atoms with van der Waals surface area (Å²) in [5.74, 6) is -0.384. The number of hydrogen-bond donors (Lipinski definition) is 3. The first-order valence-electron chi connectivity index (χ1n) is 9.96. The van der Waals surface area contributed by atoms with Gasteiger partial charge in [0.2, 0.25) is 12.2 Å². The molecule has 0 amide bonds. The normalized spacial score (nSPS) is 11.6. The summed E-state index contributed by atoms with van der Waals surface area (Å²) >= 11 is 0. The number of aliphatic imine (C=N–C) groups is 1. The fourth-order valence-corrected chi connectivity index (χ4v) is 2.88. The number of guanidine groups is 1. The summed E-state index contributed by atoms with van der Waals surface area (Å²) in [5.41, 5.74) is 4.76. The second-order valence-corrected chi connectivity index (χ2v) is 6.79. The van der Waals surface area contributed by atoms with Crippen LogP contribution < -0.4 is 10.6 Å². The fourth-order valence-electron chi connectivity index (χ4n) is 2.88. The van der Waals surface area contributed by atoms with E-state index in [0.717, 1.165) is 34.4 Å². The zero-order valence-corrected chi connectivity index (χ0v) is 17.4. The second kappa shape index (κ2) is 12.0. The Morgan fingerprint density at radius 3 is 2.83 bits per heavy atom. The molecule has 1 heterocycles. The van der Waals surface area contributed by atoms with Gasteiger partial charge in [0, 0.05) is 36.6 Å². The highest BCUT2D eigenvalue weighted by Gasteiger charge is 2.10. The van der Waals surface area contributed by atoms with E-state index in [0.29, 0.717) is 25.3 Å². The number of carbonyl (C=O) groups is 1. The third-order valence-electron chi connectivity index (χ3n) is 4.42. The van der Waals surface area contributed by atoms with Crippen LogP contribution in [0.5, 0.6) is 0 Å². The zero-order valence-electron chi connectivity index (χ0n) is 17.4. The molecule has 0 saturated carbocycles. The Kier molecular flexibility index (Phi) is 9.07. The molecule has 2 aromatic rings.